The summed E-state index contributed by atoms with van der Waals surface area (Å²) in [5.74, 6) is -1.29. The minimum atomic E-state index is -0.916. The summed E-state index contributed by atoms with van der Waals surface area (Å²) in [4.78, 5) is 74.5. The molecule has 1 saturated heterocycles. The number of carbonyl (C=O) groups is 4. The molecule has 14 heteroatoms. The third-order valence-corrected chi connectivity index (χ3v) is 11.0. The summed E-state index contributed by atoms with van der Waals surface area (Å²) >= 11 is 0. The van der Waals surface area contributed by atoms with E-state index in [0.717, 1.165) is 27.9 Å². The summed E-state index contributed by atoms with van der Waals surface area (Å²) in [6, 6.07) is 19.9. The normalized spacial score (nSPS) is 15.4. The highest BCUT2D eigenvalue weighted by Gasteiger charge is 2.34. The van der Waals surface area contributed by atoms with Crippen molar-refractivity contribution in [3.63, 3.8) is 0 Å². The van der Waals surface area contributed by atoms with Crippen molar-refractivity contribution in [2.75, 3.05) is 51.3 Å². The van der Waals surface area contributed by atoms with E-state index in [1.165, 1.54) is 17.9 Å². The number of benzene rings is 3. The average Bonchev–Trinajstić information content (AvgIpc) is 3.55. The smallest absolute Gasteiger partial charge is 0.407 e. The van der Waals surface area contributed by atoms with Gasteiger partial charge in [0.15, 0.2) is 0 Å². The van der Waals surface area contributed by atoms with E-state index in [2.05, 4.69) is 50.1 Å². The van der Waals surface area contributed by atoms with Crippen molar-refractivity contribution in [2.45, 2.75) is 64.1 Å². The van der Waals surface area contributed by atoms with Crippen molar-refractivity contribution < 1.29 is 23.9 Å². The van der Waals surface area contributed by atoms with E-state index in [9.17, 15) is 24.0 Å². The van der Waals surface area contributed by atoms with E-state index in [4.69, 9.17) is 10.5 Å². The second-order valence-electron chi connectivity index (χ2n) is 14.5. The van der Waals surface area contributed by atoms with Gasteiger partial charge in [0.1, 0.15) is 25.2 Å². The highest BCUT2D eigenvalue weighted by molar-refractivity contribution is 5.92. The fourth-order valence-electron chi connectivity index (χ4n) is 7.58. The first kappa shape index (κ1) is 39.9. The fourth-order valence-corrected chi connectivity index (χ4v) is 7.58. The largest absolute Gasteiger partial charge is 0.449 e. The van der Waals surface area contributed by atoms with E-state index in [1.807, 2.05) is 44.2 Å². The number of carbonyl (C=O) groups excluding carboxylic acids is 4. The molecule has 6 rings (SSSR count). The first-order valence-electron chi connectivity index (χ1n) is 19.5. The van der Waals surface area contributed by atoms with Gasteiger partial charge in [-0.3, -0.25) is 23.7 Å². The third kappa shape index (κ3) is 8.86. The van der Waals surface area contributed by atoms with Gasteiger partial charge in [0, 0.05) is 44.8 Å². The van der Waals surface area contributed by atoms with E-state index in [0.29, 0.717) is 69.3 Å². The van der Waals surface area contributed by atoms with Crippen LogP contribution in [0.2, 0.25) is 0 Å². The number of piperazine rings is 1. The van der Waals surface area contributed by atoms with Gasteiger partial charge >= 0.3 is 6.09 Å². The van der Waals surface area contributed by atoms with E-state index in [-0.39, 0.29) is 42.4 Å². The van der Waals surface area contributed by atoms with Crippen molar-refractivity contribution in [2.24, 2.45) is 11.7 Å². The van der Waals surface area contributed by atoms with Crippen molar-refractivity contribution in [1.29, 1.82) is 0 Å². The number of alkyl carbamates (subject to hydrolysis) is 1. The van der Waals surface area contributed by atoms with Crippen LogP contribution in [0.4, 0.5) is 10.5 Å². The predicted octanol–water partition coefficient (Wildman–Crippen LogP) is 3.36. The quantitative estimate of drug-likeness (QED) is 0.132. The van der Waals surface area contributed by atoms with Crippen molar-refractivity contribution >= 4 is 40.4 Å². The number of hydrogen-bond acceptors (Lipinski definition) is 9. The van der Waals surface area contributed by atoms with Crippen LogP contribution in [0, 0.1) is 5.92 Å². The Morgan fingerprint density at radius 1 is 0.929 bits per heavy atom. The number of unbranched alkanes of at least 4 members (excludes halogenated alkanes) is 1. The Hall–Kier alpha value is -5.76. The maximum absolute atomic E-state index is 14.0. The molecule has 56 heavy (non-hydrogen) atoms. The zero-order valence-electron chi connectivity index (χ0n) is 32.3. The first-order valence-corrected chi connectivity index (χ1v) is 19.5. The van der Waals surface area contributed by atoms with E-state index < -0.39 is 24.1 Å². The van der Waals surface area contributed by atoms with Gasteiger partial charge in [-0.2, -0.15) is 0 Å². The van der Waals surface area contributed by atoms with Gasteiger partial charge in [-0.15, -0.1) is 0 Å². The lowest BCUT2D eigenvalue weighted by Gasteiger charge is -2.38. The molecule has 3 atom stereocenters. The molecular weight excluding hydrogens is 713 g/mol. The highest BCUT2D eigenvalue weighted by Crippen LogP contribution is 2.44. The number of amides is 4. The van der Waals surface area contributed by atoms with Crippen LogP contribution < -0.4 is 32.1 Å². The zero-order chi connectivity index (χ0) is 39.8. The van der Waals surface area contributed by atoms with Crippen LogP contribution in [0.1, 0.15) is 56.6 Å². The maximum Gasteiger partial charge on any atom is 0.407 e. The summed E-state index contributed by atoms with van der Waals surface area (Å²) in [7, 11) is 1.51. The van der Waals surface area contributed by atoms with Gasteiger partial charge in [0.25, 0.3) is 5.56 Å². The highest BCUT2D eigenvalue weighted by atomic mass is 16.5. The molecular formula is C42H52N8O6. The summed E-state index contributed by atoms with van der Waals surface area (Å²) in [5, 5.41) is 8.71. The molecule has 2 heterocycles. The molecule has 296 valence electrons. The van der Waals surface area contributed by atoms with Crippen LogP contribution in [0.25, 0.3) is 22.0 Å². The lowest BCUT2D eigenvalue weighted by molar-refractivity contribution is -0.137. The number of nitrogens with two attached hydrogens (primary N) is 1. The third-order valence-electron chi connectivity index (χ3n) is 11.0. The molecule has 3 aromatic carbocycles. The molecule has 0 spiro atoms. The van der Waals surface area contributed by atoms with Crippen molar-refractivity contribution in [1.82, 2.24) is 30.4 Å². The van der Waals surface area contributed by atoms with Gasteiger partial charge in [0.2, 0.25) is 17.7 Å². The van der Waals surface area contributed by atoms with E-state index in [1.54, 1.807) is 17.0 Å². The molecule has 0 bridgehead atoms. The Bertz CT molecular complexity index is 2070. The molecule has 0 unspecified atom stereocenters. The summed E-state index contributed by atoms with van der Waals surface area (Å²) in [6.45, 7) is 6.10. The summed E-state index contributed by atoms with van der Waals surface area (Å²) in [5.41, 5.74) is 11.2. The number of rotatable bonds is 15. The molecule has 0 radical (unpaired) electrons. The number of hydrogen-bond donors (Lipinski definition) is 4. The number of anilines is 1. The van der Waals surface area contributed by atoms with Gasteiger partial charge in [-0.05, 0) is 72.2 Å². The maximum atomic E-state index is 14.0. The molecule has 1 aliphatic carbocycles. The molecule has 0 saturated carbocycles. The van der Waals surface area contributed by atoms with E-state index >= 15 is 0 Å². The van der Waals surface area contributed by atoms with Gasteiger partial charge < -0.3 is 36.2 Å². The van der Waals surface area contributed by atoms with Crippen LogP contribution in [0.3, 0.4) is 0 Å². The second-order valence-corrected chi connectivity index (χ2v) is 14.5. The molecule has 4 amide bonds. The Kier molecular flexibility index (Phi) is 13.0. The molecule has 14 nitrogen and oxygen atoms in total. The molecule has 2 aliphatic rings. The number of ether oxygens (including phenoxy) is 1. The van der Waals surface area contributed by atoms with Gasteiger partial charge in [-0.1, -0.05) is 68.8 Å². The first-order chi connectivity index (χ1) is 27.1. The SMILES string of the molecule is CC[C@H](C)[C@H](NC(=O)OCC1c2ccccc2-c2ccccc21)C(=O)N[C@@H](CCCCN)C(=O)N1CCN(c2ccc3ncn(CC(=O)NC)c(=O)c3c2)CC1. The number of nitrogens with one attached hydrogen (secondary N) is 3. The Morgan fingerprint density at radius 2 is 1.61 bits per heavy atom. The molecule has 4 aromatic rings. The van der Waals surface area contributed by atoms with Crippen LogP contribution in [0.5, 0.6) is 0 Å². The fraction of sp³-hybridized carbons (Fsp3) is 0.429. The van der Waals surface area contributed by atoms with Crippen LogP contribution in [-0.4, -0.2) is 96.7 Å². The Labute approximate surface area is 326 Å². The number of nitrogens with zero attached hydrogens (tertiary/aromatic N) is 4. The topological polar surface area (TPSA) is 181 Å². The average molecular weight is 765 g/mol. The minimum Gasteiger partial charge on any atom is -0.449 e. The Balaban J connectivity index is 1.09. The number of likely N-dealkylation sites (N-methyl/N-ethyl adjacent to an activating group) is 1. The summed E-state index contributed by atoms with van der Waals surface area (Å²) in [6.07, 6.45) is 3.03. The molecule has 1 fully saturated rings. The number of aromatic nitrogens is 2. The lowest BCUT2D eigenvalue weighted by Crippen LogP contribution is -2.58. The lowest BCUT2D eigenvalue weighted by atomic mass is 9.97. The van der Waals surface area contributed by atoms with Gasteiger partial charge in [0.05, 0.1) is 17.2 Å². The second kappa shape index (κ2) is 18.2. The van der Waals surface area contributed by atoms with Crippen LogP contribution >= 0.6 is 0 Å². The molecule has 5 N–H and O–H groups in total. The summed E-state index contributed by atoms with van der Waals surface area (Å²) < 4.78 is 7.06. The van der Waals surface area contributed by atoms with Crippen molar-refractivity contribution in [3.05, 3.63) is 94.5 Å². The molecule has 1 aromatic heterocycles. The standard InChI is InChI=1S/C42H52N8O6/c1-4-27(2)38(47-42(55)56-25-34-31-13-7-5-11-29(31)30-12-6-8-14-32(30)34)39(52)46-36(15-9-10-18-43)41(54)49-21-19-48(20-22-49)28-16-17-35-33(23-28)40(53)50(26-45-35)24-37(51)44-3/h5-8,11-14,16-17,23,26-27,34,36,38H,4,9-10,15,18-22,24-25,43H2,1-3H3,(H,44,51)(H,46,52)(H,47,55)/t27-,36-,38-/m0/s1. The molecule has 1 aliphatic heterocycles. The predicted molar refractivity (Wildman–Crippen MR) is 215 cm³/mol. The minimum absolute atomic E-state index is 0.118. The Morgan fingerprint density at radius 3 is 2.25 bits per heavy atom. The zero-order valence-corrected chi connectivity index (χ0v) is 32.3. The van der Waals surface area contributed by atoms with Crippen LogP contribution in [0.15, 0.2) is 77.9 Å². The van der Waals surface area contributed by atoms with Gasteiger partial charge in [-0.25, -0.2) is 9.78 Å². The van der Waals surface area contributed by atoms with Crippen molar-refractivity contribution in [3.8, 4) is 11.1 Å². The van der Waals surface area contributed by atoms with Crippen LogP contribution in [-0.2, 0) is 25.7 Å². The number of fused-ring (bicyclic) bond motifs is 4. The monoisotopic (exact) mass is 764 g/mol.